The number of benzene rings is 1. The molecule has 1 aromatic carbocycles. The summed E-state index contributed by atoms with van der Waals surface area (Å²) in [6.45, 7) is 0.332. The lowest BCUT2D eigenvalue weighted by atomic mass is 10.3. The number of amides is 1. The van der Waals surface area contributed by atoms with Crippen LogP contribution in [-0.2, 0) is 11.3 Å². The number of aromatic nitrogens is 2. The Morgan fingerprint density at radius 1 is 1.21 bits per heavy atom. The number of rotatable bonds is 3. The molecular weight excluding hydrogens is 342 g/mol. The summed E-state index contributed by atoms with van der Waals surface area (Å²) >= 11 is 6.57. The minimum Gasteiger partial charge on any atom is -0.467 e. The number of hydrogen-bond donors (Lipinski definition) is 0. The number of nitrogens with zero attached hydrogens (tertiary/aromatic N) is 3. The Balaban J connectivity index is 1.62. The highest BCUT2D eigenvalue weighted by Crippen LogP contribution is 2.33. The molecule has 0 saturated carbocycles. The molecule has 0 N–H and O–H groups in total. The van der Waals surface area contributed by atoms with Gasteiger partial charge in [0.2, 0.25) is 0 Å². The molecule has 2 aromatic heterocycles. The first-order valence-electron chi connectivity index (χ1n) is 7.20. The van der Waals surface area contributed by atoms with Gasteiger partial charge in [0.15, 0.2) is 0 Å². The second kappa shape index (κ2) is 6.18. The Morgan fingerprint density at radius 2 is 2.04 bits per heavy atom. The predicted molar refractivity (Wildman–Crippen MR) is 97.0 cm³/mol. The predicted octanol–water partition coefficient (Wildman–Crippen LogP) is 3.62. The lowest BCUT2D eigenvalue weighted by molar-refractivity contribution is -0.122. The highest BCUT2D eigenvalue weighted by molar-refractivity contribution is 8.26. The molecule has 0 aliphatic carbocycles. The van der Waals surface area contributed by atoms with E-state index in [1.54, 1.807) is 24.6 Å². The van der Waals surface area contributed by atoms with Crippen molar-refractivity contribution in [1.82, 2.24) is 14.9 Å². The van der Waals surface area contributed by atoms with Crippen molar-refractivity contribution in [3.8, 4) is 0 Å². The van der Waals surface area contributed by atoms with Gasteiger partial charge in [-0.1, -0.05) is 36.1 Å². The lowest BCUT2D eigenvalue weighted by Gasteiger charge is -2.11. The molecule has 1 fully saturated rings. The van der Waals surface area contributed by atoms with Crippen molar-refractivity contribution < 1.29 is 9.21 Å². The Labute approximate surface area is 147 Å². The number of hydrogen-bond acceptors (Lipinski definition) is 6. The molecule has 1 amide bonds. The molecule has 0 atom stereocenters. The maximum atomic E-state index is 12.6. The third kappa shape index (κ3) is 2.83. The van der Waals surface area contributed by atoms with Gasteiger partial charge in [-0.05, 0) is 30.3 Å². The van der Waals surface area contributed by atoms with Crippen molar-refractivity contribution in [2.45, 2.75) is 6.54 Å². The molecule has 24 heavy (non-hydrogen) atoms. The molecule has 3 heterocycles. The van der Waals surface area contributed by atoms with Gasteiger partial charge in [-0.2, -0.15) is 0 Å². The fraction of sp³-hybridized carbons (Fsp3) is 0.0588. The summed E-state index contributed by atoms with van der Waals surface area (Å²) in [5.41, 5.74) is 2.24. The third-order valence-electron chi connectivity index (χ3n) is 3.51. The van der Waals surface area contributed by atoms with Crippen LogP contribution < -0.4 is 0 Å². The summed E-state index contributed by atoms with van der Waals surface area (Å²) in [7, 11) is 0. The zero-order valence-corrected chi connectivity index (χ0v) is 14.0. The van der Waals surface area contributed by atoms with E-state index in [9.17, 15) is 4.79 Å². The number of fused-ring (bicyclic) bond motifs is 1. The van der Waals surface area contributed by atoms with Crippen molar-refractivity contribution in [2.24, 2.45) is 0 Å². The first-order valence-corrected chi connectivity index (χ1v) is 8.43. The molecule has 0 spiro atoms. The van der Waals surface area contributed by atoms with Gasteiger partial charge in [-0.3, -0.25) is 14.7 Å². The summed E-state index contributed by atoms with van der Waals surface area (Å²) in [4.78, 5) is 23.5. The average molecular weight is 353 g/mol. The zero-order chi connectivity index (χ0) is 16.5. The van der Waals surface area contributed by atoms with Crippen LogP contribution in [0.1, 0.15) is 11.5 Å². The standard InChI is InChI=1S/C17H11N3O2S2/c21-16-15(24-17(23)20(16)10-12-4-3-7-22-12)8-11-9-18-13-5-1-2-6-14(13)19-11/h1-9H,10H2. The van der Waals surface area contributed by atoms with Crippen molar-refractivity contribution >= 4 is 51.3 Å². The summed E-state index contributed by atoms with van der Waals surface area (Å²) < 4.78 is 5.80. The van der Waals surface area contributed by atoms with Crippen LogP contribution in [0.5, 0.6) is 0 Å². The number of para-hydroxylation sites is 2. The van der Waals surface area contributed by atoms with E-state index < -0.39 is 0 Å². The molecule has 118 valence electrons. The molecule has 7 heteroatoms. The molecule has 3 aromatic rings. The van der Waals surface area contributed by atoms with E-state index in [4.69, 9.17) is 16.6 Å². The number of carbonyl (C=O) groups is 1. The molecule has 1 saturated heterocycles. The normalized spacial score (nSPS) is 16.5. The lowest BCUT2D eigenvalue weighted by Crippen LogP contribution is -2.27. The van der Waals surface area contributed by atoms with E-state index in [1.807, 2.05) is 30.3 Å². The van der Waals surface area contributed by atoms with Gasteiger partial charge in [0, 0.05) is 0 Å². The van der Waals surface area contributed by atoms with Crippen LogP contribution in [-0.4, -0.2) is 25.1 Å². The van der Waals surface area contributed by atoms with E-state index in [0.717, 1.165) is 11.0 Å². The monoisotopic (exact) mass is 353 g/mol. The van der Waals surface area contributed by atoms with E-state index in [2.05, 4.69) is 9.97 Å². The van der Waals surface area contributed by atoms with Gasteiger partial charge in [-0.25, -0.2) is 4.98 Å². The molecule has 0 unspecified atom stereocenters. The fourth-order valence-electron chi connectivity index (χ4n) is 2.37. The molecule has 1 aliphatic rings. The molecule has 5 nitrogen and oxygen atoms in total. The minimum absolute atomic E-state index is 0.142. The van der Waals surface area contributed by atoms with Gasteiger partial charge >= 0.3 is 0 Å². The van der Waals surface area contributed by atoms with Gasteiger partial charge in [0.1, 0.15) is 10.1 Å². The van der Waals surface area contributed by atoms with Crippen molar-refractivity contribution in [2.75, 3.05) is 0 Å². The van der Waals surface area contributed by atoms with Crippen LogP contribution >= 0.6 is 24.0 Å². The summed E-state index contributed by atoms with van der Waals surface area (Å²) in [5, 5.41) is 0. The van der Waals surface area contributed by atoms with E-state index >= 15 is 0 Å². The highest BCUT2D eigenvalue weighted by Gasteiger charge is 2.32. The van der Waals surface area contributed by atoms with Crippen LogP contribution in [0.4, 0.5) is 0 Å². The van der Waals surface area contributed by atoms with Gasteiger partial charge in [0.25, 0.3) is 5.91 Å². The quantitative estimate of drug-likeness (QED) is 0.529. The average Bonchev–Trinajstić information content (AvgIpc) is 3.19. The van der Waals surface area contributed by atoms with E-state index in [-0.39, 0.29) is 5.91 Å². The fourth-order valence-corrected chi connectivity index (χ4v) is 3.61. The molecule has 4 rings (SSSR count). The Hall–Kier alpha value is -2.51. The van der Waals surface area contributed by atoms with Crippen LogP contribution in [0, 0.1) is 0 Å². The highest BCUT2D eigenvalue weighted by atomic mass is 32.2. The first-order chi connectivity index (χ1) is 11.7. The molecule has 0 radical (unpaired) electrons. The number of thioether (sulfide) groups is 1. The second-order valence-corrected chi connectivity index (χ2v) is 6.81. The van der Waals surface area contributed by atoms with Crippen molar-refractivity contribution in [3.05, 3.63) is 65.2 Å². The van der Waals surface area contributed by atoms with Crippen molar-refractivity contribution in [3.63, 3.8) is 0 Å². The molecular formula is C17H11N3O2S2. The van der Waals surface area contributed by atoms with E-state index in [0.29, 0.717) is 27.2 Å². The summed E-state index contributed by atoms with van der Waals surface area (Å²) in [5.74, 6) is 0.550. The second-order valence-electron chi connectivity index (χ2n) is 5.13. The topological polar surface area (TPSA) is 59.2 Å². The Bertz CT molecular complexity index is 967. The maximum absolute atomic E-state index is 12.6. The Morgan fingerprint density at radius 3 is 2.83 bits per heavy atom. The van der Waals surface area contributed by atoms with E-state index in [1.165, 1.54) is 16.7 Å². The zero-order valence-electron chi connectivity index (χ0n) is 12.4. The van der Waals surface area contributed by atoms with Gasteiger partial charge in [-0.15, -0.1) is 0 Å². The van der Waals surface area contributed by atoms with Crippen LogP contribution in [0.25, 0.3) is 17.1 Å². The number of carbonyl (C=O) groups excluding carboxylic acids is 1. The summed E-state index contributed by atoms with van der Waals surface area (Å²) in [6, 6.07) is 11.2. The largest absolute Gasteiger partial charge is 0.467 e. The number of furan rings is 1. The minimum atomic E-state index is -0.142. The number of thiocarbonyl (C=S) groups is 1. The summed E-state index contributed by atoms with van der Waals surface area (Å²) in [6.07, 6.45) is 4.95. The Kier molecular flexibility index (Phi) is 3.87. The third-order valence-corrected chi connectivity index (χ3v) is 4.89. The van der Waals surface area contributed by atoms with Crippen LogP contribution in [0.15, 0.2) is 58.2 Å². The van der Waals surface area contributed by atoms with Gasteiger partial charge < -0.3 is 4.42 Å². The van der Waals surface area contributed by atoms with Crippen molar-refractivity contribution in [1.29, 1.82) is 0 Å². The van der Waals surface area contributed by atoms with Gasteiger partial charge in [0.05, 0.1) is 40.6 Å². The molecule has 1 aliphatic heterocycles. The first kappa shape index (κ1) is 15.0. The SMILES string of the molecule is O=C1C(=Cc2cnc3ccccc3n2)SC(=S)N1Cc1ccco1. The van der Waals surface area contributed by atoms with Crippen LogP contribution in [0.2, 0.25) is 0 Å². The maximum Gasteiger partial charge on any atom is 0.266 e. The molecule has 0 bridgehead atoms. The smallest absolute Gasteiger partial charge is 0.266 e. The van der Waals surface area contributed by atoms with Crippen LogP contribution in [0.3, 0.4) is 0 Å².